The van der Waals surface area contributed by atoms with Gasteiger partial charge in [-0.15, -0.1) is 0 Å². The Bertz CT molecular complexity index is 1280. The Kier molecular flexibility index (Phi) is 4.12. The molecule has 5 rings (SSSR count). The van der Waals surface area contributed by atoms with Crippen LogP contribution in [0, 0.1) is 0 Å². The number of hydrogen-bond donors (Lipinski definition) is 2. The van der Waals surface area contributed by atoms with Gasteiger partial charge >= 0.3 is 5.69 Å². The zero-order valence-corrected chi connectivity index (χ0v) is 15.4. The van der Waals surface area contributed by atoms with Crippen molar-refractivity contribution >= 4 is 11.3 Å². The van der Waals surface area contributed by atoms with Gasteiger partial charge in [-0.2, -0.15) is 5.10 Å². The number of para-hydroxylation sites is 1. The number of benzene rings is 1. The van der Waals surface area contributed by atoms with Gasteiger partial charge in [0, 0.05) is 31.6 Å². The quantitative estimate of drug-likeness (QED) is 0.546. The fraction of sp³-hybridized carbons (Fsp3) is 0.200. The molecule has 29 heavy (non-hydrogen) atoms. The van der Waals surface area contributed by atoms with Crippen molar-refractivity contribution in [2.75, 3.05) is 18.0 Å². The van der Waals surface area contributed by atoms with E-state index in [1.807, 2.05) is 36.4 Å². The Labute approximate surface area is 164 Å². The maximum atomic E-state index is 12.2. The number of hydrogen-bond acceptors (Lipinski definition) is 6. The molecule has 3 aromatic heterocycles. The summed E-state index contributed by atoms with van der Waals surface area (Å²) < 4.78 is 7.73. The summed E-state index contributed by atoms with van der Waals surface area (Å²) in [6.45, 7) is 1.49. The number of H-pyrrole nitrogens is 2. The summed E-state index contributed by atoms with van der Waals surface area (Å²) in [6.07, 6.45) is 5.71. The van der Waals surface area contributed by atoms with Crippen LogP contribution in [0.4, 0.5) is 5.69 Å². The van der Waals surface area contributed by atoms with Gasteiger partial charge in [0.15, 0.2) is 5.65 Å². The van der Waals surface area contributed by atoms with Crippen LogP contribution in [0.25, 0.3) is 16.9 Å². The number of imidazole rings is 1. The van der Waals surface area contributed by atoms with E-state index in [2.05, 4.69) is 25.0 Å². The zero-order chi connectivity index (χ0) is 19.8. The van der Waals surface area contributed by atoms with Gasteiger partial charge < -0.3 is 14.6 Å². The minimum Gasteiger partial charge on any atom is -0.489 e. The van der Waals surface area contributed by atoms with Gasteiger partial charge in [0.25, 0.3) is 5.56 Å². The molecule has 9 nitrogen and oxygen atoms in total. The minimum absolute atomic E-state index is 0.0560. The average Bonchev–Trinajstić information content (AvgIpc) is 3.37. The molecule has 0 saturated carbocycles. The standard InChI is InChI=1S/C20H18N6O3/c27-19-15(11-22-20(28)23-19)16-10-17(18-21-7-9-26(18)24-16)25-8-6-14(12-25)29-13-4-2-1-3-5-13/h1-5,7,9-11,14H,6,8,12H2,(H2,22,23,27,28). The van der Waals surface area contributed by atoms with E-state index in [9.17, 15) is 9.59 Å². The Morgan fingerprint density at radius 1 is 1.17 bits per heavy atom. The van der Waals surface area contributed by atoms with Crippen molar-refractivity contribution in [3.8, 4) is 17.0 Å². The van der Waals surface area contributed by atoms with Crippen molar-refractivity contribution in [3.05, 3.63) is 75.8 Å². The van der Waals surface area contributed by atoms with Crippen molar-refractivity contribution in [2.24, 2.45) is 0 Å². The third kappa shape index (κ3) is 3.27. The van der Waals surface area contributed by atoms with E-state index in [1.165, 1.54) is 6.20 Å². The number of nitrogens with one attached hydrogen (secondary N) is 2. The molecule has 1 unspecified atom stereocenters. The zero-order valence-electron chi connectivity index (χ0n) is 15.4. The molecule has 0 spiro atoms. The van der Waals surface area contributed by atoms with Crippen LogP contribution in [0.3, 0.4) is 0 Å². The monoisotopic (exact) mass is 390 g/mol. The highest BCUT2D eigenvalue weighted by Crippen LogP contribution is 2.29. The van der Waals surface area contributed by atoms with Crippen LogP contribution in [0.1, 0.15) is 6.42 Å². The molecule has 1 aliphatic heterocycles. The lowest BCUT2D eigenvalue weighted by atomic mass is 10.2. The molecular weight excluding hydrogens is 372 g/mol. The summed E-state index contributed by atoms with van der Waals surface area (Å²) in [5.41, 5.74) is 1.27. The third-order valence-electron chi connectivity index (χ3n) is 4.97. The molecule has 1 aliphatic rings. The van der Waals surface area contributed by atoms with Gasteiger partial charge in [-0.25, -0.2) is 14.3 Å². The lowest BCUT2D eigenvalue weighted by molar-refractivity contribution is 0.225. The summed E-state index contributed by atoms with van der Waals surface area (Å²) >= 11 is 0. The molecule has 1 atom stereocenters. The Morgan fingerprint density at radius 2 is 2.03 bits per heavy atom. The molecule has 0 bridgehead atoms. The fourth-order valence-electron chi connectivity index (χ4n) is 3.60. The lowest BCUT2D eigenvalue weighted by Gasteiger charge is -2.20. The van der Waals surface area contributed by atoms with Crippen LogP contribution < -0.4 is 20.9 Å². The molecule has 4 aromatic rings. The first-order valence-electron chi connectivity index (χ1n) is 9.31. The van der Waals surface area contributed by atoms with Gasteiger partial charge in [-0.1, -0.05) is 18.2 Å². The van der Waals surface area contributed by atoms with Crippen LogP contribution >= 0.6 is 0 Å². The van der Waals surface area contributed by atoms with E-state index >= 15 is 0 Å². The van der Waals surface area contributed by atoms with E-state index in [4.69, 9.17) is 4.74 Å². The molecule has 9 heteroatoms. The van der Waals surface area contributed by atoms with Crippen molar-refractivity contribution in [3.63, 3.8) is 0 Å². The number of nitrogens with zero attached hydrogens (tertiary/aromatic N) is 4. The lowest BCUT2D eigenvalue weighted by Crippen LogP contribution is -2.26. The SMILES string of the molecule is O=c1[nH]cc(-c2cc(N3CCC(Oc4ccccc4)C3)c3nccn3n2)c(=O)[nH]1. The fourth-order valence-corrected chi connectivity index (χ4v) is 3.60. The molecule has 1 saturated heterocycles. The van der Waals surface area contributed by atoms with Gasteiger partial charge in [0.05, 0.1) is 17.8 Å². The molecule has 146 valence electrons. The molecule has 4 heterocycles. The average molecular weight is 390 g/mol. The maximum absolute atomic E-state index is 12.2. The van der Waals surface area contributed by atoms with Gasteiger partial charge in [0.1, 0.15) is 17.5 Å². The molecule has 1 fully saturated rings. The molecule has 2 N–H and O–H groups in total. The first-order chi connectivity index (χ1) is 14.2. The number of anilines is 1. The van der Waals surface area contributed by atoms with Gasteiger partial charge in [0.2, 0.25) is 0 Å². The normalized spacial score (nSPS) is 16.4. The minimum atomic E-state index is -0.553. The van der Waals surface area contributed by atoms with Crippen molar-refractivity contribution in [2.45, 2.75) is 12.5 Å². The highest BCUT2D eigenvalue weighted by atomic mass is 16.5. The number of aromatic nitrogens is 5. The largest absolute Gasteiger partial charge is 0.489 e. The van der Waals surface area contributed by atoms with Crippen molar-refractivity contribution in [1.29, 1.82) is 0 Å². The maximum Gasteiger partial charge on any atom is 0.325 e. The predicted molar refractivity (Wildman–Crippen MR) is 107 cm³/mol. The number of rotatable bonds is 4. The van der Waals surface area contributed by atoms with Crippen LogP contribution in [-0.2, 0) is 0 Å². The van der Waals surface area contributed by atoms with Gasteiger partial charge in [-0.3, -0.25) is 9.78 Å². The summed E-state index contributed by atoms with van der Waals surface area (Å²) in [5.74, 6) is 0.848. The number of ether oxygens (including phenoxy) is 1. The van der Waals surface area contributed by atoms with Crippen LogP contribution in [0.15, 0.2) is 64.6 Å². The van der Waals surface area contributed by atoms with E-state index in [0.29, 0.717) is 17.9 Å². The highest BCUT2D eigenvalue weighted by molar-refractivity contribution is 5.74. The van der Waals surface area contributed by atoms with E-state index in [0.717, 1.165) is 24.4 Å². The first kappa shape index (κ1) is 17.2. The first-order valence-corrected chi connectivity index (χ1v) is 9.31. The van der Waals surface area contributed by atoms with Crippen LogP contribution in [-0.4, -0.2) is 43.8 Å². The van der Waals surface area contributed by atoms with Crippen LogP contribution in [0.5, 0.6) is 5.75 Å². The predicted octanol–water partition coefficient (Wildman–Crippen LogP) is 1.43. The van der Waals surface area contributed by atoms with Crippen molar-refractivity contribution in [1.82, 2.24) is 24.6 Å². The Hall–Kier alpha value is -3.88. The Morgan fingerprint density at radius 3 is 2.86 bits per heavy atom. The molecule has 0 aliphatic carbocycles. The molecule has 1 aromatic carbocycles. The number of aromatic amines is 2. The summed E-state index contributed by atoms with van der Waals surface area (Å²) in [7, 11) is 0. The molecule has 0 amide bonds. The van der Waals surface area contributed by atoms with E-state index in [1.54, 1.807) is 16.9 Å². The highest BCUT2D eigenvalue weighted by Gasteiger charge is 2.27. The number of fused-ring (bicyclic) bond motifs is 1. The molecule has 0 radical (unpaired) electrons. The van der Waals surface area contributed by atoms with E-state index < -0.39 is 11.2 Å². The topological polar surface area (TPSA) is 108 Å². The second-order valence-electron chi connectivity index (χ2n) is 6.88. The summed E-state index contributed by atoms with van der Waals surface area (Å²) in [4.78, 5) is 34.9. The second kappa shape index (κ2) is 6.93. The summed E-state index contributed by atoms with van der Waals surface area (Å²) in [6, 6.07) is 11.6. The molecular formula is C20H18N6O3. The second-order valence-corrected chi connectivity index (χ2v) is 6.88. The Balaban J connectivity index is 1.49. The third-order valence-corrected chi connectivity index (χ3v) is 4.97. The summed E-state index contributed by atoms with van der Waals surface area (Å²) in [5, 5.41) is 4.47. The van der Waals surface area contributed by atoms with E-state index in [-0.39, 0.29) is 11.7 Å². The van der Waals surface area contributed by atoms with Crippen molar-refractivity contribution < 1.29 is 4.74 Å². The van der Waals surface area contributed by atoms with Crippen LogP contribution in [0.2, 0.25) is 0 Å². The smallest absolute Gasteiger partial charge is 0.325 e. The van der Waals surface area contributed by atoms with Gasteiger partial charge in [-0.05, 0) is 18.2 Å².